The van der Waals surface area contributed by atoms with E-state index in [0.29, 0.717) is 11.3 Å². The fourth-order valence-electron chi connectivity index (χ4n) is 1.64. The maximum atomic E-state index is 11.6. The smallest absolute Gasteiger partial charge is 0.267 e. The Morgan fingerprint density at radius 3 is 2.82 bits per heavy atom. The lowest BCUT2D eigenvalue weighted by Crippen LogP contribution is -2.35. The zero-order valence-electron chi connectivity index (χ0n) is 10.5. The minimum Gasteiger partial charge on any atom is -0.300 e. The van der Waals surface area contributed by atoms with Crippen LogP contribution in [0.4, 0.5) is 0 Å². The van der Waals surface area contributed by atoms with Gasteiger partial charge in [-0.05, 0) is 13.3 Å². The molecule has 0 spiro atoms. The number of amides is 1. The first-order valence-corrected chi connectivity index (χ1v) is 5.79. The van der Waals surface area contributed by atoms with E-state index in [4.69, 9.17) is 0 Å². The van der Waals surface area contributed by atoms with Crippen molar-refractivity contribution in [3.63, 3.8) is 0 Å². The molecule has 0 radical (unpaired) electrons. The topological polar surface area (TPSA) is 58.5 Å². The molecule has 0 bridgehead atoms. The van der Waals surface area contributed by atoms with Gasteiger partial charge in [-0.3, -0.25) is 9.59 Å². The lowest BCUT2D eigenvalue weighted by molar-refractivity contribution is -0.118. The van der Waals surface area contributed by atoms with Crippen LogP contribution in [-0.4, -0.2) is 17.4 Å². The molecule has 1 N–H and O–H groups in total. The van der Waals surface area contributed by atoms with Crippen molar-refractivity contribution in [2.45, 2.75) is 33.6 Å². The Balaban J connectivity index is 2.89. The van der Waals surface area contributed by atoms with Gasteiger partial charge in [-0.1, -0.05) is 32.1 Å². The molecule has 1 aliphatic heterocycles. The van der Waals surface area contributed by atoms with Crippen LogP contribution in [0.5, 0.6) is 0 Å². The second kappa shape index (κ2) is 6.13. The van der Waals surface area contributed by atoms with Crippen molar-refractivity contribution in [2.75, 3.05) is 0 Å². The summed E-state index contributed by atoms with van der Waals surface area (Å²) in [6.45, 7) is 5.44. The predicted molar refractivity (Wildman–Crippen MR) is 67.6 cm³/mol. The summed E-state index contributed by atoms with van der Waals surface area (Å²) in [7, 11) is 0. The third kappa shape index (κ3) is 3.66. The first-order valence-electron chi connectivity index (χ1n) is 5.79. The van der Waals surface area contributed by atoms with E-state index < -0.39 is 0 Å². The van der Waals surface area contributed by atoms with E-state index in [1.807, 2.05) is 26.0 Å². The average Bonchev–Trinajstić information content (AvgIpc) is 2.27. The molecule has 1 aliphatic rings. The molecule has 1 heterocycles. The van der Waals surface area contributed by atoms with Crippen molar-refractivity contribution in [3.05, 3.63) is 23.8 Å². The Morgan fingerprint density at radius 1 is 1.53 bits per heavy atom. The van der Waals surface area contributed by atoms with Gasteiger partial charge in [0.2, 0.25) is 0 Å². The van der Waals surface area contributed by atoms with Gasteiger partial charge < -0.3 is 0 Å². The normalized spacial score (nSPS) is 22.8. The highest BCUT2D eigenvalue weighted by atomic mass is 16.2. The van der Waals surface area contributed by atoms with Gasteiger partial charge >= 0.3 is 0 Å². The van der Waals surface area contributed by atoms with Gasteiger partial charge in [0.1, 0.15) is 5.78 Å². The second-order valence-corrected chi connectivity index (χ2v) is 4.10. The number of allylic oxidation sites excluding steroid dienone is 3. The van der Waals surface area contributed by atoms with Crippen LogP contribution in [0.15, 0.2) is 28.9 Å². The Morgan fingerprint density at radius 2 is 2.24 bits per heavy atom. The maximum Gasteiger partial charge on any atom is 0.267 e. The number of nitrogens with one attached hydrogen (secondary N) is 1. The molecule has 0 aromatic rings. The van der Waals surface area contributed by atoms with Crippen molar-refractivity contribution in [1.82, 2.24) is 5.43 Å². The van der Waals surface area contributed by atoms with Gasteiger partial charge in [0.05, 0.1) is 5.71 Å². The molecule has 92 valence electrons. The number of ketones is 1. The van der Waals surface area contributed by atoms with E-state index in [1.54, 1.807) is 6.08 Å². The molecular formula is C13H18N2O2. The summed E-state index contributed by atoms with van der Waals surface area (Å²) in [4.78, 5) is 22.7. The monoisotopic (exact) mass is 234 g/mol. The number of carbonyl (C=O) groups excluding carboxylic acids is 2. The van der Waals surface area contributed by atoms with Crippen molar-refractivity contribution in [2.24, 2.45) is 11.0 Å². The Labute approximate surface area is 101 Å². The van der Waals surface area contributed by atoms with Gasteiger partial charge in [0.25, 0.3) is 5.91 Å². The number of rotatable bonds is 4. The predicted octanol–water partition coefficient (Wildman–Crippen LogP) is 1.98. The van der Waals surface area contributed by atoms with Gasteiger partial charge in [0, 0.05) is 17.9 Å². The highest BCUT2D eigenvalue weighted by Gasteiger charge is 2.26. The summed E-state index contributed by atoms with van der Waals surface area (Å²) in [5.74, 6) is -0.241. The molecule has 1 atom stereocenters. The van der Waals surface area contributed by atoms with Crippen molar-refractivity contribution in [3.8, 4) is 0 Å². The third-order valence-corrected chi connectivity index (χ3v) is 2.61. The molecule has 0 aromatic carbocycles. The fraction of sp³-hybridized carbons (Fsp3) is 0.462. The van der Waals surface area contributed by atoms with E-state index in [0.717, 1.165) is 6.42 Å². The first-order chi connectivity index (χ1) is 8.06. The molecule has 4 heteroatoms. The molecule has 17 heavy (non-hydrogen) atoms. The SMILES string of the molecule is CC/C=C\C=C1\C(=O)NN=C(CC(C)=O)C1C. The minimum absolute atomic E-state index is 0.0511. The van der Waals surface area contributed by atoms with Crippen LogP contribution in [0.3, 0.4) is 0 Å². The standard InChI is InChI=1S/C13H18N2O2/c1-4-5-6-7-11-10(3)12(8-9(2)16)14-15-13(11)17/h5-7,10H,4,8H2,1-3H3,(H,15,17)/b6-5-,11-7+. The summed E-state index contributed by atoms with van der Waals surface area (Å²) in [5.41, 5.74) is 3.81. The van der Waals surface area contributed by atoms with E-state index in [1.165, 1.54) is 6.92 Å². The Kier molecular flexibility index (Phi) is 4.82. The van der Waals surface area contributed by atoms with Crippen LogP contribution >= 0.6 is 0 Å². The van der Waals surface area contributed by atoms with Crippen LogP contribution in [-0.2, 0) is 9.59 Å². The molecule has 1 unspecified atom stereocenters. The third-order valence-electron chi connectivity index (χ3n) is 2.61. The van der Waals surface area contributed by atoms with Gasteiger partial charge in [-0.2, -0.15) is 5.10 Å². The maximum absolute atomic E-state index is 11.6. The quantitative estimate of drug-likeness (QED) is 0.756. The van der Waals surface area contributed by atoms with Gasteiger partial charge in [-0.25, -0.2) is 5.43 Å². The molecule has 0 fully saturated rings. The first kappa shape index (κ1) is 13.4. The number of carbonyl (C=O) groups is 2. The number of nitrogens with zero attached hydrogens (tertiary/aromatic N) is 1. The van der Waals surface area contributed by atoms with Crippen LogP contribution in [0.1, 0.15) is 33.6 Å². The molecule has 4 nitrogen and oxygen atoms in total. The summed E-state index contributed by atoms with van der Waals surface area (Å²) < 4.78 is 0. The second-order valence-electron chi connectivity index (χ2n) is 4.10. The minimum atomic E-state index is -0.189. The molecular weight excluding hydrogens is 216 g/mol. The highest BCUT2D eigenvalue weighted by molar-refractivity contribution is 6.10. The molecule has 1 rings (SSSR count). The summed E-state index contributed by atoms with van der Waals surface area (Å²) in [6.07, 6.45) is 6.84. The molecule has 0 aromatic heterocycles. The number of Topliss-reactive ketones (excluding diaryl/α,β-unsaturated/α-hetero) is 1. The lowest BCUT2D eigenvalue weighted by atomic mass is 9.91. The Hall–Kier alpha value is -1.71. The van der Waals surface area contributed by atoms with Crippen LogP contribution in [0, 0.1) is 5.92 Å². The highest BCUT2D eigenvalue weighted by Crippen LogP contribution is 2.19. The van der Waals surface area contributed by atoms with Crippen LogP contribution < -0.4 is 5.43 Å². The zero-order chi connectivity index (χ0) is 12.8. The zero-order valence-corrected chi connectivity index (χ0v) is 10.5. The van der Waals surface area contributed by atoms with E-state index in [2.05, 4.69) is 10.5 Å². The van der Waals surface area contributed by atoms with Crippen molar-refractivity contribution >= 4 is 17.4 Å². The largest absolute Gasteiger partial charge is 0.300 e. The lowest BCUT2D eigenvalue weighted by Gasteiger charge is -2.21. The van der Waals surface area contributed by atoms with E-state index >= 15 is 0 Å². The van der Waals surface area contributed by atoms with Crippen molar-refractivity contribution < 1.29 is 9.59 Å². The van der Waals surface area contributed by atoms with E-state index in [9.17, 15) is 9.59 Å². The number of hydrazone groups is 1. The van der Waals surface area contributed by atoms with Gasteiger partial charge in [0.15, 0.2) is 0 Å². The number of hydrogen-bond acceptors (Lipinski definition) is 3. The average molecular weight is 234 g/mol. The summed E-state index contributed by atoms with van der Waals surface area (Å²) >= 11 is 0. The molecule has 0 saturated heterocycles. The molecule has 0 aliphatic carbocycles. The molecule has 0 saturated carbocycles. The number of hydrogen-bond donors (Lipinski definition) is 1. The summed E-state index contributed by atoms with van der Waals surface area (Å²) in [6, 6.07) is 0. The Bertz CT molecular complexity index is 406. The van der Waals surface area contributed by atoms with Crippen molar-refractivity contribution in [1.29, 1.82) is 0 Å². The van der Waals surface area contributed by atoms with E-state index in [-0.39, 0.29) is 24.0 Å². The van der Waals surface area contributed by atoms with Gasteiger partial charge in [-0.15, -0.1) is 0 Å². The molecule has 1 amide bonds. The van der Waals surface area contributed by atoms with Crippen LogP contribution in [0.2, 0.25) is 0 Å². The van der Waals surface area contributed by atoms with Crippen LogP contribution in [0.25, 0.3) is 0 Å². The fourth-order valence-corrected chi connectivity index (χ4v) is 1.64. The summed E-state index contributed by atoms with van der Waals surface area (Å²) in [5, 5.41) is 3.94.